The number of piperidine rings is 1. The Balaban J connectivity index is 1.38. The number of aromatic nitrogens is 2. The molecule has 3 aromatic rings. The maximum atomic E-state index is 13.2. The van der Waals surface area contributed by atoms with Gasteiger partial charge in [-0.2, -0.15) is 0 Å². The third-order valence-electron chi connectivity index (χ3n) is 5.83. The molecule has 0 aliphatic carbocycles. The van der Waals surface area contributed by atoms with Gasteiger partial charge in [0.1, 0.15) is 17.3 Å². The number of benzene rings is 2. The van der Waals surface area contributed by atoms with Crippen LogP contribution in [0.15, 0.2) is 54.9 Å². The van der Waals surface area contributed by atoms with Gasteiger partial charge in [0.05, 0.1) is 20.1 Å². The van der Waals surface area contributed by atoms with Crippen LogP contribution < -0.4 is 19.7 Å². The summed E-state index contributed by atoms with van der Waals surface area (Å²) in [5.74, 6) is 1.57. The highest BCUT2D eigenvalue weighted by Gasteiger charge is 2.27. The molecule has 0 saturated carbocycles. The van der Waals surface area contributed by atoms with Crippen LogP contribution in [0.4, 0.5) is 10.3 Å². The van der Waals surface area contributed by atoms with Crippen molar-refractivity contribution >= 4 is 11.9 Å². The number of hydrogen-bond acceptors (Lipinski definition) is 6. The maximum absolute atomic E-state index is 13.2. The zero-order valence-corrected chi connectivity index (χ0v) is 18.8. The van der Waals surface area contributed by atoms with Crippen LogP contribution >= 0.6 is 0 Å². The van der Waals surface area contributed by atoms with Crippen molar-refractivity contribution in [2.24, 2.45) is 5.92 Å². The molecule has 1 saturated heterocycles. The van der Waals surface area contributed by atoms with Gasteiger partial charge < -0.3 is 19.7 Å². The van der Waals surface area contributed by atoms with Gasteiger partial charge in [0.25, 0.3) is 0 Å². The summed E-state index contributed by atoms with van der Waals surface area (Å²) in [4.78, 5) is 23.9. The Morgan fingerprint density at radius 3 is 2.55 bits per heavy atom. The number of nitrogens with one attached hydrogen (secondary N) is 1. The van der Waals surface area contributed by atoms with E-state index in [1.54, 1.807) is 38.7 Å². The molecule has 7 nitrogen and oxygen atoms in total. The number of nitrogens with zero attached hydrogens (tertiary/aromatic N) is 3. The first-order valence-electron chi connectivity index (χ1n) is 10.9. The summed E-state index contributed by atoms with van der Waals surface area (Å²) in [6.07, 6.45) is 5.15. The van der Waals surface area contributed by atoms with Crippen LogP contribution in [-0.4, -0.2) is 43.2 Å². The highest BCUT2D eigenvalue weighted by Crippen LogP contribution is 2.25. The van der Waals surface area contributed by atoms with Crippen LogP contribution in [0.3, 0.4) is 0 Å². The molecule has 2 aromatic carbocycles. The van der Waals surface area contributed by atoms with Crippen molar-refractivity contribution in [3.63, 3.8) is 0 Å². The minimum Gasteiger partial charge on any atom is -0.497 e. The number of ether oxygens (including phenoxy) is 2. The number of carbonyl (C=O) groups excluding carboxylic acids is 1. The Kier molecular flexibility index (Phi) is 7.02. The molecule has 2 heterocycles. The minimum atomic E-state index is -0.279. The van der Waals surface area contributed by atoms with Crippen LogP contribution in [-0.2, 0) is 11.3 Å². The summed E-state index contributed by atoms with van der Waals surface area (Å²) in [7, 11) is 3.21. The quantitative estimate of drug-likeness (QED) is 0.590. The second-order valence-corrected chi connectivity index (χ2v) is 7.96. The molecule has 1 aliphatic rings. The zero-order chi connectivity index (χ0) is 23.2. The number of amides is 1. The van der Waals surface area contributed by atoms with Crippen LogP contribution in [0.5, 0.6) is 11.5 Å². The van der Waals surface area contributed by atoms with Gasteiger partial charge in [-0.15, -0.1) is 0 Å². The summed E-state index contributed by atoms with van der Waals surface area (Å²) in [6.45, 7) is 1.71. The molecule has 1 amide bonds. The van der Waals surface area contributed by atoms with E-state index in [2.05, 4.69) is 15.3 Å². The van der Waals surface area contributed by atoms with Gasteiger partial charge >= 0.3 is 0 Å². The van der Waals surface area contributed by atoms with Crippen LogP contribution in [0, 0.1) is 11.7 Å². The summed E-state index contributed by atoms with van der Waals surface area (Å²) in [5.41, 5.74) is 2.53. The van der Waals surface area contributed by atoms with Crippen LogP contribution in [0.1, 0.15) is 18.4 Å². The molecule has 0 unspecified atom stereocenters. The Bertz CT molecular complexity index is 1090. The molecular formula is C25H27FN4O3. The fourth-order valence-corrected chi connectivity index (χ4v) is 4.00. The lowest BCUT2D eigenvalue weighted by Gasteiger charge is -2.32. The molecule has 1 aromatic heterocycles. The summed E-state index contributed by atoms with van der Waals surface area (Å²) in [6, 6.07) is 11.7. The highest BCUT2D eigenvalue weighted by molar-refractivity contribution is 5.79. The van der Waals surface area contributed by atoms with E-state index in [0.29, 0.717) is 30.5 Å². The molecule has 0 radical (unpaired) electrons. The van der Waals surface area contributed by atoms with Gasteiger partial charge in [0.2, 0.25) is 11.9 Å². The van der Waals surface area contributed by atoms with E-state index in [1.807, 2.05) is 23.1 Å². The lowest BCUT2D eigenvalue weighted by Crippen LogP contribution is -2.43. The van der Waals surface area contributed by atoms with Gasteiger partial charge in [-0.05, 0) is 48.7 Å². The number of rotatable bonds is 7. The topological polar surface area (TPSA) is 76.6 Å². The zero-order valence-electron chi connectivity index (χ0n) is 18.8. The first kappa shape index (κ1) is 22.5. The summed E-state index contributed by atoms with van der Waals surface area (Å²) < 4.78 is 23.8. The predicted molar refractivity (Wildman–Crippen MR) is 124 cm³/mol. The van der Waals surface area contributed by atoms with Crippen molar-refractivity contribution in [2.75, 3.05) is 32.2 Å². The molecule has 33 heavy (non-hydrogen) atoms. The van der Waals surface area contributed by atoms with E-state index in [9.17, 15) is 9.18 Å². The monoisotopic (exact) mass is 450 g/mol. The lowest BCUT2D eigenvalue weighted by molar-refractivity contribution is -0.125. The first-order chi connectivity index (χ1) is 16.1. The van der Waals surface area contributed by atoms with Crippen molar-refractivity contribution in [3.05, 3.63) is 66.2 Å². The fourth-order valence-electron chi connectivity index (χ4n) is 4.00. The third kappa shape index (κ3) is 5.39. The van der Waals surface area contributed by atoms with Crippen molar-refractivity contribution in [1.82, 2.24) is 15.3 Å². The van der Waals surface area contributed by atoms with E-state index in [-0.39, 0.29) is 17.6 Å². The molecule has 172 valence electrons. The SMILES string of the molecule is COc1ccc(OC)c(CNC(=O)[C@@H]2CCCN(c3ncc(-c4ccc(F)cc4)cn3)C2)c1. The van der Waals surface area contributed by atoms with Gasteiger partial charge in [0, 0.05) is 43.2 Å². The molecule has 1 N–H and O–H groups in total. The molecule has 1 fully saturated rings. The molecule has 0 spiro atoms. The Hall–Kier alpha value is -3.68. The van der Waals surface area contributed by atoms with Crippen molar-refractivity contribution in [1.29, 1.82) is 0 Å². The predicted octanol–water partition coefficient (Wildman–Crippen LogP) is 3.83. The first-order valence-corrected chi connectivity index (χ1v) is 10.9. The normalized spacial score (nSPS) is 15.7. The van der Waals surface area contributed by atoms with Gasteiger partial charge in [-0.3, -0.25) is 4.79 Å². The van der Waals surface area contributed by atoms with E-state index in [1.165, 1.54) is 12.1 Å². The maximum Gasteiger partial charge on any atom is 0.225 e. The second kappa shape index (κ2) is 10.3. The van der Waals surface area contributed by atoms with Gasteiger partial charge in [-0.1, -0.05) is 12.1 Å². The standard InChI is InChI=1S/C25H27FN4O3/c1-32-22-9-10-23(33-2)19(12-22)13-27-24(31)18-4-3-11-30(16-18)25-28-14-20(15-29-25)17-5-7-21(26)8-6-17/h5-10,12,14-15,18H,3-4,11,13,16H2,1-2H3,(H,27,31)/t18-/m1/s1. The third-order valence-corrected chi connectivity index (χ3v) is 5.83. The molecular weight excluding hydrogens is 423 g/mol. The van der Waals surface area contributed by atoms with E-state index < -0.39 is 0 Å². The molecule has 0 bridgehead atoms. The molecule has 1 aliphatic heterocycles. The van der Waals surface area contributed by atoms with Crippen molar-refractivity contribution < 1.29 is 18.7 Å². The molecule has 8 heteroatoms. The highest BCUT2D eigenvalue weighted by atomic mass is 19.1. The Morgan fingerprint density at radius 1 is 1.09 bits per heavy atom. The summed E-state index contributed by atoms with van der Waals surface area (Å²) >= 11 is 0. The largest absolute Gasteiger partial charge is 0.497 e. The van der Waals surface area contributed by atoms with Crippen LogP contribution in [0.25, 0.3) is 11.1 Å². The smallest absolute Gasteiger partial charge is 0.225 e. The van der Waals surface area contributed by atoms with Gasteiger partial charge in [0.15, 0.2) is 0 Å². The molecule has 1 atom stereocenters. The lowest BCUT2D eigenvalue weighted by atomic mass is 9.97. The summed E-state index contributed by atoms with van der Waals surface area (Å²) in [5, 5.41) is 3.03. The second-order valence-electron chi connectivity index (χ2n) is 7.96. The van der Waals surface area contributed by atoms with Gasteiger partial charge in [-0.25, -0.2) is 14.4 Å². The number of halogens is 1. The molecule has 4 rings (SSSR count). The van der Waals surface area contributed by atoms with E-state index >= 15 is 0 Å². The number of anilines is 1. The minimum absolute atomic E-state index is 0.00694. The Morgan fingerprint density at radius 2 is 1.85 bits per heavy atom. The fraction of sp³-hybridized carbons (Fsp3) is 0.320. The average molecular weight is 451 g/mol. The van der Waals surface area contributed by atoms with Crippen molar-refractivity contribution in [2.45, 2.75) is 19.4 Å². The van der Waals surface area contributed by atoms with E-state index in [0.717, 1.165) is 36.1 Å². The number of hydrogen-bond donors (Lipinski definition) is 1. The number of carbonyl (C=O) groups is 1. The number of methoxy groups -OCH3 is 2. The van der Waals surface area contributed by atoms with Crippen molar-refractivity contribution in [3.8, 4) is 22.6 Å². The van der Waals surface area contributed by atoms with Crippen LogP contribution in [0.2, 0.25) is 0 Å². The Labute approximate surface area is 192 Å². The average Bonchev–Trinajstić information content (AvgIpc) is 2.87. The van der Waals surface area contributed by atoms with E-state index in [4.69, 9.17) is 9.47 Å².